The number of hydrogen-bond acceptors (Lipinski definition) is 7. The van der Waals surface area contributed by atoms with E-state index in [1.54, 1.807) is 25.3 Å². The minimum atomic E-state index is -3.73. The number of rotatable bonds is 16. The zero-order valence-corrected chi connectivity index (χ0v) is 23.2. The average molecular weight is 558 g/mol. The van der Waals surface area contributed by atoms with Gasteiger partial charge in [0.05, 0.1) is 25.6 Å². The van der Waals surface area contributed by atoms with Gasteiger partial charge in [0.15, 0.2) is 0 Å². The van der Waals surface area contributed by atoms with Crippen LogP contribution in [0.15, 0.2) is 54.6 Å². The van der Waals surface area contributed by atoms with Crippen molar-refractivity contribution >= 4 is 28.3 Å². The second-order valence-corrected chi connectivity index (χ2v) is 10.8. The fourth-order valence-electron chi connectivity index (χ4n) is 3.88. The average Bonchev–Trinajstić information content (AvgIpc) is 2.87. The molecule has 9 nitrogen and oxygen atoms in total. The molecule has 37 heavy (non-hydrogen) atoms. The number of nitrogens with two attached hydrogens (primary N) is 1. The summed E-state index contributed by atoms with van der Waals surface area (Å²) < 4.78 is 32.0. The molecule has 0 aliphatic carbocycles. The lowest BCUT2D eigenvalue weighted by molar-refractivity contribution is -0.133. The Labute approximate surface area is 226 Å². The lowest BCUT2D eigenvalue weighted by Crippen LogP contribution is -2.46. The Morgan fingerprint density at radius 3 is 2.38 bits per heavy atom. The van der Waals surface area contributed by atoms with E-state index >= 15 is 0 Å². The van der Waals surface area contributed by atoms with E-state index in [1.807, 2.05) is 43.3 Å². The molecule has 0 heterocycles. The lowest BCUT2D eigenvalue weighted by atomic mass is 10.0. The van der Waals surface area contributed by atoms with Crippen LogP contribution < -0.4 is 10.5 Å². The van der Waals surface area contributed by atoms with Crippen LogP contribution in [0.5, 0.6) is 5.75 Å². The third kappa shape index (κ3) is 11.0. The largest absolute Gasteiger partial charge is 0.497 e. The Hall–Kier alpha value is -2.21. The standard InChI is InChI=1S/C26H39N3O6S.ClH/c1-3-13-29(14-15-30)36(33,34)16-12-26(32)28(19-22-10-7-11-23(17-22)35-2)20-25(31)24(27)18-21-8-5-4-6-9-21;/h4-11,17,24-25,30-31H,3,12-16,18-20,27H2,1-2H3;1H/t24-,25+;/m0./s1. The van der Waals surface area contributed by atoms with Crippen molar-refractivity contribution in [3.63, 3.8) is 0 Å². The van der Waals surface area contributed by atoms with Gasteiger partial charge in [0.1, 0.15) is 5.75 Å². The van der Waals surface area contributed by atoms with Crippen molar-refractivity contribution in [2.75, 3.05) is 39.1 Å². The predicted molar refractivity (Wildman–Crippen MR) is 147 cm³/mol. The van der Waals surface area contributed by atoms with Crippen LogP contribution in [0.1, 0.15) is 30.9 Å². The number of nitrogens with zero attached hydrogens (tertiary/aromatic N) is 2. The SMILES string of the molecule is CCCN(CCO)S(=O)(=O)CCC(=O)N(Cc1cccc(OC)c1)C[C@@H](O)[C@@H](N)Cc1ccccc1.Cl. The van der Waals surface area contributed by atoms with Crippen LogP contribution in [-0.2, 0) is 27.8 Å². The van der Waals surface area contributed by atoms with Gasteiger partial charge in [0.2, 0.25) is 15.9 Å². The predicted octanol–water partition coefficient (Wildman–Crippen LogP) is 1.80. The van der Waals surface area contributed by atoms with Gasteiger partial charge in [-0.3, -0.25) is 4.79 Å². The first kappa shape index (κ1) is 32.8. The number of amides is 1. The number of aliphatic hydroxyl groups is 2. The van der Waals surface area contributed by atoms with Crippen LogP contribution in [-0.4, -0.2) is 85.0 Å². The van der Waals surface area contributed by atoms with Crippen LogP contribution in [0.25, 0.3) is 0 Å². The van der Waals surface area contributed by atoms with E-state index in [0.29, 0.717) is 18.6 Å². The van der Waals surface area contributed by atoms with Crippen molar-refractivity contribution in [2.45, 2.75) is 44.9 Å². The molecule has 0 radical (unpaired) electrons. The van der Waals surface area contributed by atoms with Gasteiger partial charge in [-0.05, 0) is 36.1 Å². The van der Waals surface area contributed by atoms with Crippen molar-refractivity contribution in [3.05, 3.63) is 65.7 Å². The molecule has 0 saturated heterocycles. The smallest absolute Gasteiger partial charge is 0.224 e. The van der Waals surface area contributed by atoms with Crippen LogP contribution in [0.2, 0.25) is 0 Å². The molecule has 208 valence electrons. The number of ether oxygens (including phenoxy) is 1. The molecule has 0 saturated carbocycles. The molecular formula is C26H40ClN3O6S. The third-order valence-electron chi connectivity index (χ3n) is 5.87. The van der Waals surface area contributed by atoms with E-state index < -0.39 is 28.1 Å². The maximum Gasteiger partial charge on any atom is 0.224 e. The van der Waals surface area contributed by atoms with Crippen molar-refractivity contribution in [1.29, 1.82) is 0 Å². The summed E-state index contributed by atoms with van der Waals surface area (Å²) >= 11 is 0. The van der Waals surface area contributed by atoms with Crippen molar-refractivity contribution < 1.29 is 28.2 Å². The van der Waals surface area contributed by atoms with E-state index in [9.17, 15) is 23.4 Å². The number of carbonyl (C=O) groups is 1. The van der Waals surface area contributed by atoms with Crippen molar-refractivity contribution in [1.82, 2.24) is 9.21 Å². The Bertz CT molecular complexity index is 1040. The molecule has 0 bridgehead atoms. The van der Waals surface area contributed by atoms with Gasteiger partial charge in [0.25, 0.3) is 0 Å². The van der Waals surface area contributed by atoms with Gasteiger partial charge in [-0.25, -0.2) is 8.42 Å². The number of aliphatic hydroxyl groups excluding tert-OH is 2. The highest BCUT2D eigenvalue weighted by atomic mass is 35.5. The molecule has 0 spiro atoms. The summed E-state index contributed by atoms with van der Waals surface area (Å²) in [6.45, 7) is 1.95. The number of sulfonamides is 1. The highest BCUT2D eigenvalue weighted by molar-refractivity contribution is 7.89. The minimum absolute atomic E-state index is 0. The molecule has 2 aromatic carbocycles. The first-order chi connectivity index (χ1) is 17.2. The molecule has 2 aromatic rings. The molecule has 11 heteroatoms. The van der Waals surface area contributed by atoms with E-state index in [4.69, 9.17) is 10.5 Å². The van der Waals surface area contributed by atoms with Crippen LogP contribution in [0.3, 0.4) is 0 Å². The van der Waals surface area contributed by atoms with E-state index in [0.717, 1.165) is 11.1 Å². The zero-order valence-electron chi connectivity index (χ0n) is 21.5. The zero-order chi connectivity index (χ0) is 26.6. The van der Waals surface area contributed by atoms with Crippen molar-refractivity contribution in [2.24, 2.45) is 5.73 Å². The highest BCUT2D eigenvalue weighted by Gasteiger charge is 2.26. The number of hydrogen-bond donors (Lipinski definition) is 3. The molecule has 0 aliphatic heterocycles. The first-order valence-electron chi connectivity index (χ1n) is 12.2. The summed E-state index contributed by atoms with van der Waals surface area (Å²) in [5.74, 6) is -0.164. The molecule has 0 aromatic heterocycles. The molecule has 4 N–H and O–H groups in total. The Balaban J connectivity index is 0.00000684. The number of benzene rings is 2. The van der Waals surface area contributed by atoms with Crippen molar-refractivity contribution in [3.8, 4) is 5.75 Å². The Kier molecular flexibility index (Phi) is 14.7. The van der Waals surface area contributed by atoms with Gasteiger partial charge in [-0.1, -0.05) is 49.4 Å². The summed E-state index contributed by atoms with van der Waals surface area (Å²) in [6, 6.07) is 16.1. The highest BCUT2D eigenvalue weighted by Crippen LogP contribution is 2.17. The molecular weight excluding hydrogens is 518 g/mol. The maximum atomic E-state index is 13.2. The van der Waals surface area contributed by atoms with Gasteiger partial charge in [0, 0.05) is 38.6 Å². The maximum absolute atomic E-state index is 13.2. The molecule has 2 atom stereocenters. The van der Waals surface area contributed by atoms with Gasteiger partial charge in [-0.15, -0.1) is 12.4 Å². The number of halogens is 1. The summed E-state index contributed by atoms with van der Waals surface area (Å²) in [6.07, 6.45) is -0.230. The summed E-state index contributed by atoms with van der Waals surface area (Å²) in [5, 5.41) is 20.1. The van der Waals surface area contributed by atoms with E-state index in [-0.39, 0.29) is 57.4 Å². The van der Waals surface area contributed by atoms with Gasteiger partial charge in [-0.2, -0.15) is 4.31 Å². The summed E-state index contributed by atoms with van der Waals surface area (Å²) in [7, 11) is -2.18. The quantitative estimate of drug-likeness (QED) is 0.286. The number of carbonyl (C=O) groups excluding carboxylic acids is 1. The molecule has 2 rings (SSSR count). The minimum Gasteiger partial charge on any atom is -0.497 e. The number of methoxy groups -OCH3 is 1. The molecule has 0 aliphatic rings. The third-order valence-corrected chi connectivity index (χ3v) is 7.74. The lowest BCUT2D eigenvalue weighted by Gasteiger charge is -2.29. The van der Waals surface area contributed by atoms with E-state index in [2.05, 4.69) is 0 Å². The van der Waals surface area contributed by atoms with E-state index in [1.165, 1.54) is 9.21 Å². The van der Waals surface area contributed by atoms with Gasteiger partial charge >= 0.3 is 0 Å². The molecule has 0 unspecified atom stereocenters. The Morgan fingerprint density at radius 2 is 1.76 bits per heavy atom. The molecule has 1 amide bonds. The topological polar surface area (TPSA) is 133 Å². The second kappa shape index (κ2) is 16.6. The second-order valence-electron chi connectivity index (χ2n) is 8.74. The fraction of sp³-hybridized carbons (Fsp3) is 0.500. The summed E-state index contributed by atoms with van der Waals surface area (Å²) in [5.41, 5.74) is 8.00. The van der Waals surface area contributed by atoms with Crippen LogP contribution in [0, 0.1) is 0 Å². The van der Waals surface area contributed by atoms with Crippen LogP contribution in [0.4, 0.5) is 0 Å². The fourth-order valence-corrected chi connectivity index (χ4v) is 5.39. The monoisotopic (exact) mass is 557 g/mol. The summed E-state index contributed by atoms with van der Waals surface area (Å²) in [4.78, 5) is 14.7. The van der Waals surface area contributed by atoms with Crippen LogP contribution >= 0.6 is 12.4 Å². The normalized spacial score (nSPS) is 13.0. The molecule has 0 fully saturated rings. The van der Waals surface area contributed by atoms with Gasteiger partial charge < -0.3 is 25.6 Å². The Morgan fingerprint density at radius 1 is 1.08 bits per heavy atom. The first-order valence-corrected chi connectivity index (χ1v) is 13.8.